The van der Waals surface area contributed by atoms with Crippen LogP contribution in [0.4, 0.5) is 0 Å². The van der Waals surface area contributed by atoms with E-state index in [0.29, 0.717) is 12.5 Å². The number of nitrogens with one attached hydrogen (secondary N) is 2. The van der Waals surface area contributed by atoms with Gasteiger partial charge in [0.15, 0.2) is 11.7 Å². The first-order chi connectivity index (χ1) is 11.1. The number of halogens is 1. The Labute approximate surface area is 162 Å². The first kappa shape index (κ1) is 21.2. The summed E-state index contributed by atoms with van der Waals surface area (Å²) < 4.78 is 5.33. The van der Waals surface area contributed by atoms with Crippen LogP contribution in [0.25, 0.3) is 0 Å². The predicted octanol–water partition coefficient (Wildman–Crippen LogP) is 2.81. The van der Waals surface area contributed by atoms with Crippen LogP contribution in [0.3, 0.4) is 0 Å². The molecule has 2 heterocycles. The molecule has 1 fully saturated rings. The fourth-order valence-corrected chi connectivity index (χ4v) is 2.90. The lowest BCUT2D eigenvalue weighted by Gasteiger charge is -2.30. The van der Waals surface area contributed by atoms with Crippen molar-refractivity contribution in [1.82, 2.24) is 20.7 Å². The third kappa shape index (κ3) is 6.96. The van der Waals surface area contributed by atoms with E-state index in [1.807, 2.05) is 6.07 Å². The Hall–Kier alpha value is -0.830. The minimum absolute atomic E-state index is 0. The molecule has 0 spiro atoms. The smallest absolute Gasteiger partial charge is 0.191 e. The average Bonchev–Trinajstić information content (AvgIpc) is 3.00. The molecule has 2 rings (SSSR count). The Bertz CT molecular complexity index is 503. The highest BCUT2D eigenvalue weighted by atomic mass is 127. The highest BCUT2D eigenvalue weighted by Crippen LogP contribution is 2.15. The van der Waals surface area contributed by atoms with Gasteiger partial charge in [0.2, 0.25) is 0 Å². The molecule has 1 aromatic heterocycles. The van der Waals surface area contributed by atoms with Gasteiger partial charge in [0.25, 0.3) is 0 Å². The van der Waals surface area contributed by atoms with Gasteiger partial charge in [-0.1, -0.05) is 25.9 Å². The summed E-state index contributed by atoms with van der Waals surface area (Å²) in [6, 6.07) is 2.00. The van der Waals surface area contributed by atoms with Crippen molar-refractivity contribution in [2.45, 2.75) is 46.1 Å². The van der Waals surface area contributed by atoms with E-state index in [1.165, 1.54) is 25.9 Å². The normalized spacial score (nSPS) is 19.2. The second-order valence-corrected chi connectivity index (χ2v) is 6.77. The molecule has 138 valence electrons. The van der Waals surface area contributed by atoms with Gasteiger partial charge in [0.1, 0.15) is 0 Å². The van der Waals surface area contributed by atoms with E-state index in [4.69, 9.17) is 4.52 Å². The van der Waals surface area contributed by atoms with Gasteiger partial charge in [0.05, 0.1) is 12.2 Å². The number of piperidine rings is 1. The summed E-state index contributed by atoms with van der Waals surface area (Å²) in [5.74, 6) is 2.85. The molecule has 0 aliphatic carbocycles. The number of guanidine groups is 1. The summed E-state index contributed by atoms with van der Waals surface area (Å²) in [5.41, 5.74) is 0.990. The highest BCUT2D eigenvalue weighted by Gasteiger charge is 2.15. The fraction of sp³-hybridized carbons (Fsp3) is 0.765. The molecule has 7 heteroatoms. The van der Waals surface area contributed by atoms with E-state index in [2.05, 4.69) is 46.5 Å². The summed E-state index contributed by atoms with van der Waals surface area (Å²) in [7, 11) is 1.79. The van der Waals surface area contributed by atoms with Crippen LogP contribution in [0.15, 0.2) is 15.6 Å². The quantitative estimate of drug-likeness (QED) is 0.397. The van der Waals surface area contributed by atoms with Crippen LogP contribution >= 0.6 is 24.0 Å². The van der Waals surface area contributed by atoms with E-state index in [9.17, 15) is 0 Å². The summed E-state index contributed by atoms with van der Waals surface area (Å²) in [5, 5.41) is 10.7. The second kappa shape index (κ2) is 10.9. The molecule has 0 aromatic carbocycles. The number of aliphatic imine (C=N–C) groups is 1. The number of hydrogen-bond acceptors (Lipinski definition) is 4. The lowest BCUT2D eigenvalue weighted by molar-refractivity contribution is 0.187. The van der Waals surface area contributed by atoms with Gasteiger partial charge in [-0.2, -0.15) is 0 Å². The van der Waals surface area contributed by atoms with Gasteiger partial charge in [-0.3, -0.25) is 4.99 Å². The molecule has 1 saturated heterocycles. The molecule has 0 amide bonds. The maximum Gasteiger partial charge on any atom is 0.191 e. The molecule has 24 heavy (non-hydrogen) atoms. The van der Waals surface area contributed by atoms with Crippen molar-refractivity contribution < 1.29 is 4.52 Å². The van der Waals surface area contributed by atoms with E-state index in [1.54, 1.807) is 7.05 Å². The zero-order valence-corrected chi connectivity index (χ0v) is 17.7. The molecular formula is C17H32IN5O. The van der Waals surface area contributed by atoms with Crippen molar-refractivity contribution in [1.29, 1.82) is 0 Å². The Balaban J connectivity index is 0.00000288. The third-order valence-electron chi connectivity index (χ3n) is 4.28. The summed E-state index contributed by atoms with van der Waals surface area (Å²) in [6.07, 6.45) is 2.68. The molecule has 1 aromatic rings. The van der Waals surface area contributed by atoms with Crippen molar-refractivity contribution in [3.05, 3.63) is 17.5 Å². The van der Waals surface area contributed by atoms with Crippen molar-refractivity contribution >= 4 is 29.9 Å². The Kier molecular flexibility index (Phi) is 9.65. The van der Waals surface area contributed by atoms with Crippen molar-refractivity contribution in [2.24, 2.45) is 10.9 Å². The molecule has 1 aliphatic rings. The highest BCUT2D eigenvalue weighted by molar-refractivity contribution is 14.0. The number of likely N-dealkylation sites (tertiary alicyclic amines) is 1. The lowest BCUT2D eigenvalue weighted by Crippen LogP contribution is -2.43. The molecule has 1 unspecified atom stereocenters. The monoisotopic (exact) mass is 449 g/mol. The minimum Gasteiger partial charge on any atom is -0.359 e. The molecule has 0 saturated carbocycles. The van der Waals surface area contributed by atoms with Crippen LogP contribution in [-0.2, 0) is 6.54 Å². The van der Waals surface area contributed by atoms with Crippen molar-refractivity contribution in [3.8, 4) is 0 Å². The summed E-state index contributed by atoms with van der Waals surface area (Å²) in [4.78, 5) is 6.78. The molecule has 1 atom stereocenters. The van der Waals surface area contributed by atoms with Gasteiger partial charge < -0.3 is 20.1 Å². The standard InChI is InChI=1S/C17H31N5O.HI/c1-13(2)16-10-15(23-21-16)11-20-17(18-4)19-7-9-22-8-5-6-14(3)12-22;/h10,13-14H,5-9,11-12H2,1-4H3,(H2,18,19,20);1H. The van der Waals surface area contributed by atoms with Crippen LogP contribution in [0.5, 0.6) is 0 Å². The van der Waals surface area contributed by atoms with Crippen molar-refractivity contribution in [2.75, 3.05) is 33.2 Å². The van der Waals surface area contributed by atoms with Crippen LogP contribution in [-0.4, -0.2) is 49.2 Å². The van der Waals surface area contributed by atoms with Gasteiger partial charge in [0, 0.05) is 32.7 Å². The maximum absolute atomic E-state index is 5.33. The summed E-state index contributed by atoms with van der Waals surface area (Å²) in [6.45, 7) is 11.5. The van der Waals surface area contributed by atoms with Crippen LogP contribution in [0.1, 0.15) is 51.0 Å². The zero-order chi connectivity index (χ0) is 16.7. The van der Waals surface area contributed by atoms with E-state index < -0.39 is 0 Å². The second-order valence-electron chi connectivity index (χ2n) is 6.77. The topological polar surface area (TPSA) is 65.7 Å². The third-order valence-corrected chi connectivity index (χ3v) is 4.28. The van der Waals surface area contributed by atoms with Gasteiger partial charge in [-0.15, -0.1) is 24.0 Å². The molecule has 1 aliphatic heterocycles. The Morgan fingerprint density at radius 1 is 1.46 bits per heavy atom. The summed E-state index contributed by atoms with van der Waals surface area (Å²) >= 11 is 0. The number of hydrogen-bond donors (Lipinski definition) is 2. The predicted molar refractivity (Wildman–Crippen MR) is 109 cm³/mol. The first-order valence-electron chi connectivity index (χ1n) is 8.71. The number of rotatable bonds is 6. The van der Waals surface area contributed by atoms with Crippen LogP contribution in [0.2, 0.25) is 0 Å². The van der Waals surface area contributed by atoms with E-state index in [-0.39, 0.29) is 24.0 Å². The molecular weight excluding hydrogens is 417 g/mol. The first-order valence-corrected chi connectivity index (χ1v) is 8.71. The van der Waals surface area contributed by atoms with Gasteiger partial charge >= 0.3 is 0 Å². The SMILES string of the molecule is CN=C(NCCN1CCCC(C)C1)NCc1cc(C(C)C)no1.I. The average molecular weight is 449 g/mol. The molecule has 0 radical (unpaired) electrons. The Morgan fingerprint density at radius 3 is 2.88 bits per heavy atom. The molecule has 6 nitrogen and oxygen atoms in total. The maximum atomic E-state index is 5.33. The fourth-order valence-electron chi connectivity index (χ4n) is 2.90. The number of nitrogens with zero attached hydrogens (tertiary/aromatic N) is 3. The van der Waals surface area contributed by atoms with E-state index in [0.717, 1.165) is 36.4 Å². The molecule has 0 bridgehead atoms. The van der Waals surface area contributed by atoms with Gasteiger partial charge in [-0.05, 0) is 31.2 Å². The molecule has 2 N–H and O–H groups in total. The lowest BCUT2D eigenvalue weighted by atomic mass is 10.0. The van der Waals surface area contributed by atoms with E-state index >= 15 is 0 Å². The van der Waals surface area contributed by atoms with Gasteiger partial charge in [-0.25, -0.2) is 0 Å². The largest absolute Gasteiger partial charge is 0.359 e. The number of aromatic nitrogens is 1. The minimum atomic E-state index is 0. The zero-order valence-electron chi connectivity index (χ0n) is 15.3. The van der Waals surface area contributed by atoms with Crippen molar-refractivity contribution in [3.63, 3.8) is 0 Å². The van der Waals surface area contributed by atoms with Crippen LogP contribution < -0.4 is 10.6 Å². The Morgan fingerprint density at radius 2 is 2.25 bits per heavy atom. The van der Waals surface area contributed by atoms with Crippen LogP contribution in [0, 0.1) is 5.92 Å².